The molecule has 0 aromatic carbocycles. The molecule has 0 aliphatic carbocycles. The number of rotatable bonds is 16. The Hall–Kier alpha value is -1.05. The van der Waals surface area contributed by atoms with Crippen molar-refractivity contribution in [3.63, 3.8) is 0 Å². The summed E-state index contributed by atoms with van der Waals surface area (Å²) in [5.41, 5.74) is 0.991. The molecule has 23 heavy (non-hydrogen) atoms. The number of unbranched alkanes of at least 4 members (excludes halogenated alkanes) is 9. The fraction of sp³-hybridized carbons (Fsp3) is 0.762. The Morgan fingerprint density at radius 2 is 1.30 bits per heavy atom. The van der Waals surface area contributed by atoms with Crippen LogP contribution < -0.4 is 0 Å². The molecule has 0 rings (SSSR count). The summed E-state index contributed by atoms with van der Waals surface area (Å²) in [5, 5.41) is 3.94. The molecule has 0 aromatic heterocycles. The fourth-order valence-corrected chi connectivity index (χ4v) is 2.33. The van der Waals surface area contributed by atoms with E-state index in [9.17, 15) is 0 Å². The molecular formula is C21H39NO. The monoisotopic (exact) mass is 321 g/mol. The Bertz CT molecular complexity index is 314. The molecule has 0 heterocycles. The van der Waals surface area contributed by atoms with Crippen LogP contribution in [0.25, 0.3) is 0 Å². The number of allylic oxidation sites excluding steroid dienone is 4. The van der Waals surface area contributed by atoms with Crippen molar-refractivity contribution < 1.29 is 4.84 Å². The van der Waals surface area contributed by atoms with E-state index in [0.29, 0.717) is 0 Å². The van der Waals surface area contributed by atoms with Gasteiger partial charge in [-0.1, -0.05) is 68.5 Å². The maximum Gasteiger partial charge on any atom is 0.117 e. The molecule has 0 fully saturated rings. The molecule has 0 aliphatic heterocycles. The Balaban J connectivity index is 3.17. The zero-order valence-corrected chi connectivity index (χ0v) is 15.9. The third-order valence-electron chi connectivity index (χ3n) is 3.68. The second-order valence-electron chi connectivity index (χ2n) is 6.46. The molecule has 0 aromatic rings. The van der Waals surface area contributed by atoms with Crippen molar-refractivity contribution in [2.45, 2.75) is 97.8 Å². The molecule has 0 unspecified atom stereocenters. The van der Waals surface area contributed by atoms with Gasteiger partial charge in [0, 0.05) is 0 Å². The van der Waals surface area contributed by atoms with Crippen molar-refractivity contribution in [1.29, 1.82) is 0 Å². The maximum atomic E-state index is 5.19. The summed E-state index contributed by atoms with van der Waals surface area (Å²) >= 11 is 0. The molecule has 0 atom stereocenters. The lowest BCUT2D eigenvalue weighted by Gasteiger charge is -2.01. The van der Waals surface area contributed by atoms with Crippen molar-refractivity contribution in [3.05, 3.63) is 24.3 Å². The summed E-state index contributed by atoms with van der Waals surface area (Å²) in [7, 11) is 0. The molecule has 2 heteroatoms. The van der Waals surface area contributed by atoms with Gasteiger partial charge < -0.3 is 4.84 Å². The molecular weight excluding hydrogens is 282 g/mol. The van der Waals surface area contributed by atoms with Gasteiger partial charge in [-0.05, 0) is 58.8 Å². The zero-order valence-electron chi connectivity index (χ0n) is 15.9. The fourth-order valence-electron chi connectivity index (χ4n) is 2.33. The van der Waals surface area contributed by atoms with Gasteiger partial charge >= 0.3 is 0 Å². The summed E-state index contributed by atoms with van der Waals surface area (Å²) in [6.45, 7) is 6.93. The van der Waals surface area contributed by atoms with Gasteiger partial charge in [0.15, 0.2) is 0 Å². The predicted octanol–water partition coefficient (Wildman–Crippen LogP) is 7.21. The van der Waals surface area contributed by atoms with Crippen LogP contribution in [-0.2, 0) is 4.84 Å². The van der Waals surface area contributed by atoms with Gasteiger partial charge in [-0.2, -0.15) is 0 Å². The Morgan fingerprint density at radius 3 is 1.91 bits per heavy atom. The average Bonchev–Trinajstić information content (AvgIpc) is 2.53. The van der Waals surface area contributed by atoms with Crippen LogP contribution in [0.1, 0.15) is 97.8 Å². The first kappa shape index (κ1) is 21.9. The summed E-state index contributed by atoms with van der Waals surface area (Å²) in [6, 6.07) is 0. The van der Waals surface area contributed by atoms with E-state index in [2.05, 4.69) is 36.4 Å². The quantitative estimate of drug-likeness (QED) is 0.127. The van der Waals surface area contributed by atoms with Crippen molar-refractivity contribution in [2.24, 2.45) is 5.16 Å². The van der Waals surface area contributed by atoms with Crippen LogP contribution in [0.4, 0.5) is 0 Å². The Kier molecular flexibility index (Phi) is 18.1. The average molecular weight is 322 g/mol. The molecule has 0 aliphatic rings. The second kappa shape index (κ2) is 19.0. The van der Waals surface area contributed by atoms with Crippen molar-refractivity contribution in [2.75, 3.05) is 6.61 Å². The smallest absolute Gasteiger partial charge is 0.117 e. The number of hydrogen-bond acceptors (Lipinski definition) is 2. The van der Waals surface area contributed by atoms with Gasteiger partial charge in [0.05, 0.1) is 5.71 Å². The highest BCUT2D eigenvalue weighted by molar-refractivity contribution is 5.78. The van der Waals surface area contributed by atoms with Gasteiger partial charge in [-0.3, -0.25) is 0 Å². The topological polar surface area (TPSA) is 21.6 Å². The lowest BCUT2D eigenvalue weighted by atomic mass is 10.1. The molecule has 2 nitrogen and oxygen atoms in total. The summed E-state index contributed by atoms with van der Waals surface area (Å²) in [6.07, 6.45) is 24.6. The molecule has 0 N–H and O–H groups in total. The number of hydrogen-bond donors (Lipinski definition) is 0. The van der Waals surface area contributed by atoms with Crippen LogP contribution >= 0.6 is 0 Å². The lowest BCUT2D eigenvalue weighted by molar-refractivity contribution is 0.139. The van der Waals surface area contributed by atoms with Crippen molar-refractivity contribution >= 4 is 5.71 Å². The van der Waals surface area contributed by atoms with E-state index in [0.717, 1.165) is 25.2 Å². The van der Waals surface area contributed by atoms with Crippen molar-refractivity contribution in [1.82, 2.24) is 0 Å². The van der Waals surface area contributed by atoms with E-state index in [1.54, 1.807) is 0 Å². The van der Waals surface area contributed by atoms with E-state index in [1.165, 1.54) is 64.2 Å². The Labute approximate surface area is 145 Å². The van der Waals surface area contributed by atoms with Crippen LogP contribution in [0.3, 0.4) is 0 Å². The van der Waals surface area contributed by atoms with E-state index < -0.39 is 0 Å². The van der Waals surface area contributed by atoms with Gasteiger partial charge in [0.1, 0.15) is 6.61 Å². The van der Waals surface area contributed by atoms with E-state index >= 15 is 0 Å². The molecule has 0 radical (unpaired) electrons. The summed E-state index contributed by atoms with van der Waals surface area (Å²) < 4.78 is 0. The zero-order chi connectivity index (χ0) is 17.0. The summed E-state index contributed by atoms with van der Waals surface area (Å²) in [5.74, 6) is 0. The third kappa shape index (κ3) is 21.0. The maximum absolute atomic E-state index is 5.19. The van der Waals surface area contributed by atoms with Gasteiger partial charge in [0.25, 0.3) is 0 Å². The van der Waals surface area contributed by atoms with Crippen LogP contribution in [0.15, 0.2) is 29.5 Å². The first-order valence-electron chi connectivity index (χ1n) is 9.70. The van der Waals surface area contributed by atoms with Gasteiger partial charge in [0.2, 0.25) is 0 Å². The van der Waals surface area contributed by atoms with Crippen LogP contribution in [-0.4, -0.2) is 12.3 Å². The minimum absolute atomic E-state index is 0.764. The van der Waals surface area contributed by atoms with Crippen molar-refractivity contribution in [3.8, 4) is 0 Å². The Morgan fingerprint density at radius 1 is 0.739 bits per heavy atom. The molecule has 0 amide bonds. The highest BCUT2D eigenvalue weighted by Crippen LogP contribution is 2.08. The largest absolute Gasteiger partial charge is 0.396 e. The number of nitrogens with zero attached hydrogens (tertiary/aromatic N) is 1. The minimum atomic E-state index is 0.764. The molecule has 0 saturated carbocycles. The SMILES string of the molecule is CCCCC/C=C\C/C=C\CCCCCCCCON=C(C)C. The molecule has 0 saturated heterocycles. The minimum Gasteiger partial charge on any atom is -0.396 e. The lowest BCUT2D eigenvalue weighted by Crippen LogP contribution is -1.91. The highest BCUT2D eigenvalue weighted by Gasteiger charge is 1.91. The predicted molar refractivity (Wildman–Crippen MR) is 104 cm³/mol. The second-order valence-corrected chi connectivity index (χ2v) is 6.46. The third-order valence-corrected chi connectivity index (χ3v) is 3.68. The van der Waals surface area contributed by atoms with E-state index in [1.807, 2.05) is 13.8 Å². The first-order valence-corrected chi connectivity index (χ1v) is 9.70. The van der Waals surface area contributed by atoms with Crippen LogP contribution in [0.2, 0.25) is 0 Å². The summed E-state index contributed by atoms with van der Waals surface area (Å²) in [4.78, 5) is 5.19. The standard InChI is InChI=1S/C21H39NO/c1-4-5-6-7-8-9-10-11-12-13-14-15-16-17-18-19-20-23-22-21(2)3/h8-9,11-12H,4-7,10,13-20H2,1-3H3/b9-8-,12-11-. The van der Waals surface area contributed by atoms with Crippen LogP contribution in [0.5, 0.6) is 0 Å². The highest BCUT2D eigenvalue weighted by atomic mass is 16.6. The van der Waals surface area contributed by atoms with Crippen LogP contribution in [0, 0.1) is 0 Å². The molecule has 0 spiro atoms. The van der Waals surface area contributed by atoms with Gasteiger partial charge in [-0.25, -0.2) is 0 Å². The van der Waals surface area contributed by atoms with Gasteiger partial charge in [-0.15, -0.1) is 0 Å². The molecule has 134 valence electrons. The number of oxime groups is 1. The molecule has 0 bridgehead atoms. The normalized spacial score (nSPS) is 11.4. The first-order chi connectivity index (χ1) is 11.3. The van der Waals surface area contributed by atoms with E-state index in [4.69, 9.17) is 4.84 Å². The van der Waals surface area contributed by atoms with E-state index in [-0.39, 0.29) is 0 Å².